The van der Waals surface area contributed by atoms with Crippen molar-refractivity contribution in [3.05, 3.63) is 0 Å². The summed E-state index contributed by atoms with van der Waals surface area (Å²) in [7, 11) is -3.54. The summed E-state index contributed by atoms with van der Waals surface area (Å²) in [6, 6.07) is 0. The highest BCUT2D eigenvalue weighted by Gasteiger charge is 2.60. The smallest absolute Gasteiger partial charge is 0.343 e. The number of likely N-dealkylation sites (tertiary alicyclic amines) is 1. The van der Waals surface area contributed by atoms with Gasteiger partial charge in [-0.05, 0) is 57.3 Å². The Morgan fingerprint density at radius 2 is 1.62 bits per heavy atom. The van der Waals surface area contributed by atoms with Crippen LogP contribution in [0.15, 0.2) is 0 Å². The third kappa shape index (κ3) is 5.28. The molecule has 2 fully saturated rings. The summed E-state index contributed by atoms with van der Waals surface area (Å²) < 4.78 is 38.0. The van der Waals surface area contributed by atoms with Crippen molar-refractivity contribution in [3.63, 3.8) is 0 Å². The van der Waals surface area contributed by atoms with E-state index in [-0.39, 0.29) is 56.4 Å². The van der Waals surface area contributed by atoms with E-state index in [1.54, 1.807) is 13.8 Å². The molecule has 0 aromatic carbocycles. The summed E-state index contributed by atoms with van der Waals surface area (Å²) in [5.41, 5.74) is -1.81. The minimum Gasteiger partial charge on any atom is -0.464 e. The molecule has 1 heterocycles. The normalized spacial score (nSPS) is 26.3. The molecule has 1 saturated carbocycles. The second kappa shape index (κ2) is 9.42. The lowest BCUT2D eigenvalue weighted by atomic mass is 9.65. The Balaban J connectivity index is 2.32. The van der Waals surface area contributed by atoms with Crippen molar-refractivity contribution in [2.75, 3.05) is 32.6 Å². The van der Waals surface area contributed by atoms with Gasteiger partial charge in [0.05, 0.1) is 26.1 Å². The van der Waals surface area contributed by atoms with E-state index in [9.17, 15) is 22.8 Å². The maximum absolute atomic E-state index is 12.9. The second-order valence-electron chi connectivity index (χ2n) is 7.82. The third-order valence-electron chi connectivity index (χ3n) is 5.81. The van der Waals surface area contributed by atoms with Crippen LogP contribution < -0.4 is 0 Å². The lowest BCUT2D eigenvalue weighted by Crippen LogP contribution is -2.68. The van der Waals surface area contributed by atoms with Crippen LogP contribution in [0.3, 0.4) is 0 Å². The number of amides is 1. The fourth-order valence-corrected chi connectivity index (χ4v) is 4.97. The van der Waals surface area contributed by atoms with Crippen molar-refractivity contribution < 1.29 is 36.5 Å². The van der Waals surface area contributed by atoms with Crippen LogP contribution >= 0.6 is 0 Å². The average Bonchev–Trinajstić information content (AvgIpc) is 2.64. The van der Waals surface area contributed by atoms with Gasteiger partial charge >= 0.3 is 11.9 Å². The molecule has 0 spiro atoms. The average molecular weight is 434 g/mol. The SMILES string of the molecule is CCOC(=O)C1(C(=O)OCC)C[C@H]2C[C@@H](COS(C)(=O)=O)CC[C@H]2CN1C(C)=O. The van der Waals surface area contributed by atoms with Gasteiger partial charge in [0.15, 0.2) is 0 Å². The van der Waals surface area contributed by atoms with Crippen LogP contribution in [0.1, 0.15) is 46.5 Å². The number of rotatable bonds is 7. The quantitative estimate of drug-likeness (QED) is 0.333. The van der Waals surface area contributed by atoms with Crippen molar-refractivity contribution in [2.45, 2.75) is 52.0 Å². The zero-order valence-electron chi connectivity index (χ0n) is 17.5. The van der Waals surface area contributed by atoms with Gasteiger partial charge in [0.25, 0.3) is 10.1 Å². The van der Waals surface area contributed by atoms with Gasteiger partial charge in [-0.15, -0.1) is 0 Å². The van der Waals surface area contributed by atoms with Gasteiger partial charge in [-0.25, -0.2) is 9.59 Å². The molecule has 10 heteroatoms. The standard InChI is InChI=1S/C19H31NO8S/c1-5-26-17(22)19(18(23)27-6-2)10-16-9-14(12-28-29(4,24)25)7-8-15(16)11-20(19)13(3)21/h14-16H,5-12H2,1-4H3/t14-,15-,16+/m0/s1. The first-order valence-electron chi connectivity index (χ1n) is 10.0. The lowest BCUT2D eigenvalue weighted by molar-refractivity contribution is -0.187. The maximum atomic E-state index is 12.9. The van der Waals surface area contributed by atoms with Crippen molar-refractivity contribution in [3.8, 4) is 0 Å². The van der Waals surface area contributed by atoms with Crippen molar-refractivity contribution in [1.82, 2.24) is 4.90 Å². The van der Waals surface area contributed by atoms with Crippen molar-refractivity contribution >= 4 is 28.0 Å². The Morgan fingerprint density at radius 3 is 2.10 bits per heavy atom. The number of piperidine rings is 1. The first kappa shape index (κ1) is 23.6. The second-order valence-corrected chi connectivity index (χ2v) is 9.47. The Bertz CT molecular complexity index is 716. The molecule has 166 valence electrons. The molecule has 1 amide bonds. The fraction of sp³-hybridized carbons (Fsp3) is 0.842. The number of carbonyl (C=O) groups is 3. The summed E-state index contributed by atoms with van der Waals surface area (Å²) in [6.45, 7) is 5.09. The van der Waals surface area contributed by atoms with Crippen LogP contribution in [0.2, 0.25) is 0 Å². The molecule has 0 aromatic rings. The van der Waals surface area contributed by atoms with Crippen LogP contribution in [0.25, 0.3) is 0 Å². The maximum Gasteiger partial charge on any atom is 0.343 e. The molecule has 2 rings (SSSR count). The number of esters is 2. The van der Waals surface area contributed by atoms with E-state index in [2.05, 4.69) is 0 Å². The van der Waals surface area contributed by atoms with Gasteiger partial charge in [-0.3, -0.25) is 8.98 Å². The van der Waals surface area contributed by atoms with E-state index in [1.807, 2.05) is 0 Å². The zero-order chi connectivity index (χ0) is 21.8. The topological polar surface area (TPSA) is 116 Å². The van der Waals surface area contributed by atoms with E-state index < -0.39 is 27.6 Å². The lowest BCUT2D eigenvalue weighted by Gasteiger charge is -2.51. The van der Waals surface area contributed by atoms with Crippen molar-refractivity contribution in [1.29, 1.82) is 0 Å². The van der Waals surface area contributed by atoms with E-state index in [0.717, 1.165) is 19.1 Å². The molecule has 0 N–H and O–H groups in total. The molecule has 1 aliphatic heterocycles. The Labute approximate surface area is 172 Å². The number of ether oxygens (including phenoxy) is 2. The van der Waals surface area contributed by atoms with E-state index in [1.165, 1.54) is 11.8 Å². The zero-order valence-corrected chi connectivity index (χ0v) is 18.3. The van der Waals surface area contributed by atoms with Crippen molar-refractivity contribution in [2.24, 2.45) is 17.8 Å². The van der Waals surface area contributed by atoms with E-state index in [4.69, 9.17) is 13.7 Å². The molecule has 0 aromatic heterocycles. The molecule has 0 unspecified atom stereocenters. The summed E-state index contributed by atoms with van der Waals surface area (Å²) in [5.74, 6) is -1.88. The molecule has 9 nitrogen and oxygen atoms in total. The van der Waals surface area contributed by atoms with Crippen LogP contribution in [-0.4, -0.2) is 69.3 Å². The van der Waals surface area contributed by atoms with Crippen LogP contribution in [0.5, 0.6) is 0 Å². The molecular formula is C19H31NO8S. The predicted octanol–water partition coefficient (Wildman–Crippen LogP) is 1.11. The number of hydrogen-bond acceptors (Lipinski definition) is 8. The largest absolute Gasteiger partial charge is 0.464 e. The van der Waals surface area contributed by atoms with E-state index >= 15 is 0 Å². The monoisotopic (exact) mass is 433 g/mol. The Kier molecular flexibility index (Phi) is 7.67. The highest BCUT2D eigenvalue weighted by molar-refractivity contribution is 7.85. The fourth-order valence-electron chi connectivity index (χ4n) is 4.53. The van der Waals surface area contributed by atoms with Crippen LogP contribution in [-0.2, 0) is 38.2 Å². The molecule has 0 radical (unpaired) electrons. The minimum absolute atomic E-state index is 0.00283. The highest BCUT2D eigenvalue weighted by atomic mass is 32.2. The molecule has 2 aliphatic rings. The summed E-state index contributed by atoms with van der Waals surface area (Å²) >= 11 is 0. The van der Waals surface area contributed by atoms with E-state index in [0.29, 0.717) is 6.42 Å². The Morgan fingerprint density at radius 1 is 1.03 bits per heavy atom. The van der Waals surface area contributed by atoms with Gasteiger partial charge in [-0.1, -0.05) is 0 Å². The third-order valence-corrected chi connectivity index (χ3v) is 6.37. The van der Waals surface area contributed by atoms with Gasteiger partial charge < -0.3 is 14.4 Å². The van der Waals surface area contributed by atoms with Gasteiger partial charge in [-0.2, -0.15) is 8.42 Å². The predicted molar refractivity (Wildman–Crippen MR) is 103 cm³/mol. The molecule has 0 bridgehead atoms. The van der Waals surface area contributed by atoms with Gasteiger partial charge in [0.1, 0.15) is 0 Å². The minimum atomic E-state index is -3.54. The molecular weight excluding hydrogens is 402 g/mol. The first-order valence-corrected chi connectivity index (χ1v) is 11.8. The number of carbonyl (C=O) groups excluding carboxylic acids is 3. The first-order chi connectivity index (χ1) is 13.5. The number of fused-ring (bicyclic) bond motifs is 1. The molecule has 1 aliphatic carbocycles. The molecule has 3 atom stereocenters. The molecule has 29 heavy (non-hydrogen) atoms. The summed E-state index contributed by atoms with van der Waals surface area (Å²) in [6.07, 6.45) is 3.23. The molecule has 1 saturated heterocycles. The summed E-state index contributed by atoms with van der Waals surface area (Å²) in [5, 5.41) is 0. The van der Waals surface area contributed by atoms with Crippen LogP contribution in [0, 0.1) is 17.8 Å². The number of nitrogens with zero attached hydrogens (tertiary/aromatic N) is 1. The van der Waals surface area contributed by atoms with Gasteiger partial charge in [0.2, 0.25) is 11.4 Å². The van der Waals surface area contributed by atoms with Crippen LogP contribution in [0.4, 0.5) is 0 Å². The summed E-state index contributed by atoms with van der Waals surface area (Å²) in [4.78, 5) is 39.6. The number of hydrogen-bond donors (Lipinski definition) is 0. The Hall–Kier alpha value is -1.68. The van der Waals surface area contributed by atoms with Gasteiger partial charge in [0, 0.05) is 13.5 Å². The highest BCUT2D eigenvalue weighted by Crippen LogP contribution is 2.46.